The molecule has 0 spiro atoms. The van der Waals surface area contributed by atoms with E-state index in [4.69, 9.17) is 9.05 Å². The van der Waals surface area contributed by atoms with Gasteiger partial charge in [0.1, 0.15) is 13.2 Å². The third-order valence-corrected chi connectivity index (χ3v) is 15.5. The highest BCUT2D eigenvalue weighted by Crippen LogP contribution is 2.38. The van der Waals surface area contributed by atoms with Gasteiger partial charge in [0, 0.05) is 6.42 Å². The number of rotatable bonds is 61. The van der Waals surface area contributed by atoms with Crippen LogP contribution >= 0.6 is 7.82 Å². The van der Waals surface area contributed by atoms with Crippen molar-refractivity contribution in [2.24, 2.45) is 0 Å². The maximum Gasteiger partial charge on any atom is 0.268 e. The summed E-state index contributed by atoms with van der Waals surface area (Å²) in [6, 6.07) is -0.919. The lowest BCUT2D eigenvalue weighted by molar-refractivity contribution is -0.870. The van der Waals surface area contributed by atoms with Crippen LogP contribution < -0.4 is 10.2 Å². The Kier molecular flexibility index (Phi) is 60.6. The molecule has 476 valence electrons. The molecule has 0 aliphatic carbocycles. The van der Waals surface area contributed by atoms with Crippen LogP contribution in [0.1, 0.15) is 277 Å². The smallest absolute Gasteiger partial charge is 0.268 e. The van der Waals surface area contributed by atoms with Crippen LogP contribution in [0.3, 0.4) is 0 Å². The third kappa shape index (κ3) is 66.0. The summed E-state index contributed by atoms with van der Waals surface area (Å²) in [5.41, 5.74) is 0. The predicted octanol–water partition coefficient (Wildman–Crippen LogP) is 21.2. The minimum absolute atomic E-state index is 0.0140. The predicted molar refractivity (Wildman–Crippen MR) is 362 cm³/mol. The van der Waals surface area contributed by atoms with Crippen molar-refractivity contribution in [1.29, 1.82) is 0 Å². The van der Waals surface area contributed by atoms with Crippen molar-refractivity contribution in [2.75, 3.05) is 40.9 Å². The summed E-state index contributed by atoms with van der Waals surface area (Å²) >= 11 is 0. The molecule has 0 aliphatic heterocycles. The van der Waals surface area contributed by atoms with Gasteiger partial charge in [-0.3, -0.25) is 9.36 Å². The lowest BCUT2D eigenvalue weighted by atomic mass is 10.0. The summed E-state index contributed by atoms with van der Waals surface area (Å²) in [6.07, 6.45) is 95.6. The van der Waals surface area contributed by atoms with E-state index >= 15 is 0 Å². The van der Waals surface area contributed by atoms with Crippen LogP contribution in [0, 0.1) is 0 Å². The number of unbranched alkanes of at least 4 members (excludes halogenated alkanes) is 28. The second-order valence-electron chi connectivity index (χ2n) is 23.8. The molecule has 0 rings (SSSR count). The normalized spacial score (nSPS) is 14.5. The number of nitrogens with zero attached hydrogens (tertiary/aromatic N) is 1. The molecule has 8 nitrogen and oxygen atoms in total. The van der Waals surface area contributed by atoms with Crippen molar-refractivity contribution >= 4 is 13.7 Å². The minimum Gasteiger partial charge on any atom is -0.756 e. The maximum atomic E-state index is 13.0. The van der Waals surface area contributed by atoms with Gasteiger partial charge < -0.3 is 28.8 Å². The molecule has 0 heterocycles. The number of carbonyl (C=O) groups excluding carboxylic acids is 1. The van der Waals surface area contributed by atoms with Crippen molar-refractivity contribution in [1.82, 2.24) is 5.32 Å². The fourth-order valence-corrected chi connectivity index (χ4v) is 10.0. The van der Waals surface area contributed by atoms with Gasteiger partial charge in [0.25, 0.3) is 7.82 Å². The molecule has 9 heteroatoms. The molecule has 0 aromatic carbocycles. The van der Waals surface area contributed by atoms with Crippen molar-refractivity contribution in [2.45, 2.75) is 289 Å². The molecule has 0 aromatic heterocycles. The molecule has 0 saturated carbocycles. The Bertz CT molecular complexity index is 1810. The second kappa shape index (κ2) is 63.2. The maximum absolute atomic E-state index is 13.0. The van der Waals surface area contributed by atoms with E-state index in [0.29, 0.717) is 17.4 Å². The zero-order chi connectivity index (χ0) is 60.5. The fraction of sp³-hybridized carbons (Fsp3) is 0.689. The van der Waals surface area contributed by atoms with E-state index in [0.717, 1.165) is 96.3 Å². The van der Waals surface area contributed by atoms with Gasteiger partial charge in [0.05, 0.1) is 39.9 Å². The van der Waals surface area contributed by atoms with Gasteiger partial charge in [0.15, 0.2) is 0 Å². The highest BCUT2D eigenvalue weighted by Gasteiger charge is 2.23. The summed E-state index contributed by atoms with van der Waals surface area (Å²) in [5, 5.41) is 13.9. The lowest BCUT2D eigenvalue weighted by Gasteiger charge is -2.29. The van der Waals surface area contributed by atoms with Crippen LogP contribution in [-0.2, 0) is 18.4 Å². The monoisotopic (exact) mass is 1170 g/mol. The first-order valence-electron chi connectivity index (χ1n) is 34.0. The topological polar surface area (TPSA) is 108 Å². The fourth-order valence-electron chi connectivity index (χ4n) is 9.32. The molecule has 0 aromatic rings. The first-order valence-corrected chi connectivity index (χ1v) is 35.5. The number of aliphatic hydroxyl groups excluding tert-OH is 1. The van der Waals surface area contributed by atoms with E-state index in [-0.39, 0.29) is 12.5 Å². The summed E-state index contributed by atoms with van der Waals surface area (Å²) in [7, 11) is 1.23. The zero-order valence-corrected chi connectivity index (χ0v) is 55.2. The number of amides is 1. The van der Waals surface area contributed by atoms with Crippen molar-refractivity contribution in [3.63, 3.8) is 0 Å². The standard InChI is InChI=1S/C74H129N2O6P/c1-6-8-10-12-14-16-18-20-22-24-26-28-30-31-32-33-34-35-36-37-38-39-40-41-42-43-44-45-46-48-50-52-54-56-58-60-62-64-66-68-74(78)75-72(71-82-83(79,80)81-70-69-76(3,4)5)73(77)67-65-63-61-59-57-55-53-51-49-47-29-27-25-23-21-19-17-15-13-11-9-7-2/h8,10,14,16,20,22,26,28,31-32,34-35,37-38,40-41,49,51,57,59,65,67,72-73,77H,6-7,9,11-13,15,17-19,21,23-25,27,29-30,33,36,39,42-48,50,52-56,58,60-64,66,68-71H2,1-5H3,(H-,75,78,79,80)/b10-8-,16-14-,22-20-,28-26-,32-31-,35-34-,38-37-,41-40-,51-49+,59-57+,67-65+. The van der Waals surface area contributed by atoms with Crippen molar-refractivity contribution < 1.29 is 32.9 Å². The molecule has 3 atom stereocenters. The van der Waals surface area contributed by atoms with E-state index in [1.165, 1.54) is 161 Å². The van der Waals surface area contributed by atoms with Gasteiger partial charge in [-0.1, -0.05) is 295 Å². The summed E-state index contributed by atoms with van der Waals surface area (Å²) in [6.45, 7) is 4.51. The Morgan fingerprint density at radius 3 is 1.12 bits per heavy atom. The molecule has 2 N–H and O–H groups in total. The van der Waals surface area contributed by atoms with Crippen LogP contribution in [0.2, 0.25) is 0 Å². The number of quaternary nitrogens is 1. The Hall–Kier alpha value is -3.36. The Balaban J connectivity index is 4.13. The van der Waals surface area contributed by atoms with E-state index in [9.17, 15) is 19.4 Å². The lowest BCUT2D eigenvalue weighted by Crippen LogP contribution is -2.45. The number of carbonyl (C=O) groups is 1. The molecule has 0 aliphatic rings. The van der Waals surface area contributed by atoms with E-state index in [2.05, 4.69) is 141 Å². The highest BCUT2D eigenvalue weighted by molar-refractivity contribution is 7.45. The Morgan fingerprint density at radius 2 is 0.747 bits per heavy atom. The van der Waals surface area contributed by atoms with Gasteiger partial charge in [-0.05, 0) is 109 Å². The summed E-state index contributed by atoms with van der Waals surface area (Å²) in [5.74, 6) is -0.215. The quantitative estimate of drug-likeness (QED) is 0.0272. The van der Waals surface area contributed by atoms with Gasteiger partial charge in [-0.2, -0.15) is 0 Å². The minimum atomic E-state index is -4.62. The SMILES string of the molecule is CC/C=C\C/C=C\C/C=C\C/C=C\C/C=C\C/C=C\C/C=C\C/C=C\CCCCCCCCCCCCCCCCC(=O)NC(COP(=O)([O-])OCC[N+](C)(C)C)C(O)/C=C/CC/C=C/CC/C=C/CCCCCCCCCCCCCC. The average Bonchev–Trinajstić information content (AvgIpc) is 3.50. The van der Waals surface area contributed by atoms with E-state index < -0.39 is 26.6 Å². The first-order chi connectivity index (χ1) is 40.5. The Labute approximate surface area is 513 Å². The van der Waals surface area contributed by atoms with Gasteiger partial charge in [-0.15, -0.1) is 0 Å². The highest BCUT2D eigenvalue weighted by atomic mass is 31.2. The van der Waals surface area contributed by atoms with Crippen molar-refractivity contribution in [3.05, 3.63) is 134 Å². The number of hydrogen-bond donors (Lipinski definition) is 2. The molecule has 83 heavy (non-hydrogen) atoms. The number of hydrogen-bond acceptors (Lipinski definition) is 6. The molecule has 0 fully saturated rings. The van der Waals surface area contributed by atoms with E-state index in [1.54, 1.807) is 6.08 Å². The first kappa shape index (κ1) is 79.6. The van der Waals surface area contributed by atoms with E-state index in [1.807, 2.05) is 27.2 Å². The van der Waals surface area contributed by atoms with Crippen LogP contribution in [0.4, 0.5) is 0 Å². The molecule has 0 radical (unpaired) electrons. The van der Waals surface area contributed by atoms with Gasteiger partial charge >= 0.3 is 0 Å². The number of aliphatic hydroxyl groups is 1. The number of phosphoric acid groups is 1. The zero-order valence-electron chi connectivity index (χ0n) is 54.4. The van der Waals surface area contributed by atoms with Gasteiger partial charge in [-0.25, -0.2) is 0 Å². The largest absolute Gasteiger partial charge is 0.756 e. The summed E-state index contributed by atoms with van der Waals surface area (Å²) < 4.78 is 23.4. The number of likely N-dealkylation sites (N-methyl/N-ethyl adjacent to an activating group) is 1. The average molecular weight is 1170 g/mol. The van der Waals surface area contributed by atoms with Gasteiger partial charge in [0.2, 0.25) is 5.91 Å². The second-order valence-corrected chi connectivity index (χ2v) is 25.2. The number of nitrogens with one attached hydrogen (secondary N) is 1. The van der Waals surface area contributed by atoms with Crippen LogP contribution in [0.5, 0.6) is 0 Å². The summed E-state index contributed by atoms with van der Waals surface area (Å²) in [4.78, 5) is 25.6. The number of phosphoric ester groups is 1. The number of allylic oxidation sites excluding steroid dienone is 21. The molecule has 3 unspecified atom stereocenters. The Morgan fingerprint density at radius 1 is 0.434 bits per heavy atom. The van der Waals surface area contributed by atoms with Crippen molar-refractivity contribution in [3.8, 4) is 0 Å². The molecule has 0 bridgehead atoms. The van der Waals surface area contributed by atoms with Crippen LogP contribution in [-0.4, -0.2) is 68.5 Å². The molecule has 1 amide bonds. The molecule has 0 saturated heterocycles. The molecular formula is C74H129N2O6P. The third-order valence-electron chi connectivity index (χ3n) is 14.6. The molecular weight excluding hydrogens is 1040 g/mol. The van der Waals surface area contributed by atoms with Crippen LogP contribution in [0.15, 0.2) is 134 Å². The van der Waals surface area contributed by atoms with Crippen LogP contribution in [0.25, 0.3) is 0 Å².